The van der Waals surface area contributed by atoms with E-state index in [0.29, 0.717) is 48.9 Å². The Kier molecular flexibility index (Phi) is 8.75. The predicted molar refractivity (Wildman–Crippen MR) is 157 cm³/mol. The maximum atomic E-state index is 14.2. The summed E-state index contributed by atoms with van der Waals surface area (Å²) >= 11 is 7.61. The monoisotopic (exact) mass is 582 g/mol. The van der Waals surface area contributed by atoms with E-state index in [2.05, 4.69) is 33.9 Å². The van der Waals surface area contributed by atoms with E-state index in [1.54, 1.807) is 23.1 Å². The molecule has 0 bridgehead atoms. The molecule has 210 valence electrons. The number of nitrogens with zero attached hydrogens (tertiary/aromatic N) is 6. The quantitative estimate of drug-likeness (QED) is 0.243. The Morgan fingerprint density at radius 3 is 2.40 bits per heavy atom. The second-order valence-corrected chi connectivity index (χ2v) is 11.4. The molecule has 0 aliphatic carbocycles. The maximum absolute atomic E-state index is 14.2. The topological polar surface area (TPSA) is 72.9 Å². The summed E-state index contributed by atoms with van der Waals surface area (Å²) in [5.74, 6) is 0.0838. The summed E-state index contributed by atoms with van der Waals surface area (Å²) in [6.45, 7) is 8.42. The molecule has 3 aromatic rings. The number of rotatable bonds is 6. The van der Waals surface area contributed by atoms with Crippen LogP contribution in [0.4, 0.5) is 15.9 Å². The molecule has 11 heteroatoms. The fourth-order valence-corrected chi connectivity index (χ4v) is 6.19. The van der Waals surface area contributed by atoms with Crippen molar-refractivity contribution in [3.05, 3.63) is 76.7 Å². The number of carbonyl (C=O) groups excluding carboxylic acids is 2. The van der Waals surface area contributed by atoms with Gasteiger partial charge in [0.25, 0.3) is 5.91 Å². The zero-order chi connectivity index (χ0) is 28.2. The van der Waals surface area contributed by atoms with Gasteiger partial charge in [0.2, 0.25) is 5.91 Å². The summed E-state index contributed by atoms with van der Waals surface area (Å²) in [4.78, 5) is 42.8. The Morgan fingerprint density at radius 1 is 0.975 bits per heavy atom. The lowest BCUT2D eigenvalue weighted by molar-refractivity contribution is -0.128. The highest BCUT2D eigenvalue weighted by Gasteiger charge is 2.30. The van der Waals surface area contributed by atoms with Crippen molar-refractivity contribution >= 4 is 46.7 Å². The lowest BCUT2D eigenvalue weighted by Crippen LogP contribution is -2.54. The van der Waals surface area contributed by atoms with Crippen molar-refractivity contribution in [3.8, 4) is 0 Å². The van der Waals surface area contributed by atoms with Gasteiger partial charge in [-0.2, -0.15) is 0 Å². The van der Waals surface area contributed by atoms with Gasteiger partial charge in [-0.25, -0.2) is 14.4 Å². The molecular formula is C29H32ClFN6O2S. The van der Waals surface area contributed by atoms with E-state index in [1.807, 2.05) is 28.9 Å². The van der Waals surface area contributed by atoms with Gasteiger partial charge in [-0.3, -0.25) is 9.59 Å². The number of amides is 2. The zero-order valence-electron chi connectivity index (χ0n) is 22.6. The van der Waals surface area contributed by atoms with Crippen LogP contribution in [0.2, 0.25) is 5.15 Å². The molecule has 5 rings (SSSR count). The minimum atomic E-state index is -0.519. The molecule has 2 aliphatic rings. The number of carbonyl (C=O) groups is 2. The first-order chi connectivity index (χ1) is 19.3. The SMILES string of the molecule is Cc1ccccc1N1CCN(C(=O)CSc2nc(Cl)cc(N3CCN(C(=O)c4ccccc4F)C(C)C3)n2)CC1. The Bertz CT molecular complexity index is 1390. The molecule has 1 atom stereocenters. The summed E-state index contributed by atoms with van der Waals surface area (Å²) in [5.41, 5.74) is 2.53. The molecule has 2 amide bonds. The van der Waals surface area contributed by atoms with Crippen LogP contribution in [0.15, 0.2) is 59.8 Å². The molecule has 2 fully saturated rings. The minimum Gasteiger partial charge on any atom is -0.368 e. The number of benzene rings is 2. The lowest BCUT2D eigenvalue weighted by Gasteiger charge is -2.40. The minimum absolute atomic E-state index is 0.0495. The van der Waals surface area contributed by atoms with Crippen LogP contribution in [0.1, 0.15) is 22.8 Å². The van der Waals surface area contributed by atoms with E-state index < -0.39 is 5.82 Å². The third kappa shape index (κ3) is 6.33. The Morgan fingerprint density at radius 2 is 1.68 bits per heavy atom. The maximum Gasteiger partial charge on any atom is 0.257 e. The first-order valence-corrected chi connectivity index (χ1v) is 14.7. The molecule has 0 spiro atoms. The summed E-state index contributed by atoms with van der Waals surface area (Å²) in [6.07, 6.45) is 0. The molecule has 1 unspecified atom stereocenters. The molecule has 8 nitrogen and oxygen atoms in total. The molecule has 2 aliphatic heterocycles. The largest absolute Gasteiger partial charge is 0.368 e. The second kappa shape index (κ2) is 12.4. The van der Waals surface area contributed by atoms with Crippen LogP contribution in [-0.4, -0.2) is 89.2 Å². The number of hydrogen-bond donors (Lipinski definition) is 0. The van der Waals surface area contributed by atoms with Gasteiger partial charge in [0.15, 0.2) is 5.16 Å². The standard InChI is InChI=1S/C29H32ClFN6O2S/c1-20-7-3-6-10-24(20)34-11-13-35(14-12-34)27(38)19-40-29-32-25(30)17-26(33-29)36-15-16-37(21(2)18-36)28(39)22-8-4-5-9-23(22)31/h3-10,17,21H,11-16,18-19H2,1-2H3. The lowest BCUT2D eigenvalue weighted by atomic mass is 10.1. The van der Waals surface area contributed by atoms with Gasteiger partial charge >= 0.3 is 0 Å². The van der Waals surface area contributed by atoms with E-state index in [1.165, 1.54) is 35.1 Å². The van der Waals surface area contributed by atoms with E-state index in [0.717, 1.165) is 13.1 Å². The number of piperazine rings is 2. The average molecular weight is 583 g/mol. The second-order valence-electron chi connectivity index (χ2n) is 10.0. The van der Waals surface area contributed by atoms with Crippen LogP contribution >= 0.6 is 23.4 Å². The predicted octanol–water partition coefficient (Wildman–Crippen LogP) is 4.37. The Balaban J connectivity index is 1.16. The highest BCUT2D eigenvalue weighted by atomic mass is 35.5. The van der Waals surface area contributed by atoms with Crippen molar-refractivity contribution in [1.82, 2.24) is 19.8 Å². The van der Waals surface area contributed by atoms with Gasteiger partial charge in [0.1, 0.15) is 16.8 Å². The number of hydrogen-bond acceptors (Lipinski definition) is 7. The molecule has 0 radical (unpaired) electrons. The highest BCUT2D eigenvalue weighted by molar-refractivity contribution is 7.99. The van der Waals surface area contributed by atoms with Crippen molar-refractivity contribution in [1.29, 1.82) is 0 Å². The third-order valence-electron chi connectivity index (χ3n) is 7.39. The first kappa shape index (κ1) is 28.2. The van der Waals surface area contributed by atoms with Crippen LogP contribution in [0.25, 0.3) is 0 Å². The highest BCUT2D eigenvalue weighted by Crippen LogP contribution is 2.26. The Hall–Kier alpha value is -3.37. The number of thioether (sulfide) groups is 1. The van der Waals surface area contributed by atoms with Crippen molar-refractivity contribution in [2.75, 3.05) is 61.4 Å². The fraction of sp³-hybridized carbons (Fsp3) is 0.379. The van der Waals surface area contributed by atoms with E-state index in [-0.39, 0.29) is 29.2 Å². The molecule has 0 N–H and O–H groups in total. The van der Waals surface area contributed by atoms with Crippen LogP contribution in [0, 0.1) is 12.7 Å². The molecule has 0 saturated carbocycles. The summed E-state index contributed by atoms with van der Waals surface area (Å²) in [7, 11) is 0. The fourth-order valence-electron chi connectivity index (χ4n) is 5.20. The van der Waals surface area contributed by atoms with E-state index in [9.17, 15) is 14.0 Å². The summed E-state index contributed by atoms with van der Waals surface area (Å²) < 4.78 is 14.2. The van der Waals surface area contributed by atoms with Crippen LogP contribution < -0.4 is 9.80 Å². The van der Waals surface area contributed by atoms with Gasteiger partial charge < -0.3 is 19.6 Å². The Labute approximate surface area is 243 Å². The number of aryl methyl sites for hydroxylation is 1. The molecule has 3 heterocycles. The van der Waals surface area contributed by atoms with Crippen molar-refractivity contribution in [2.45, 2.75) is 25.0 Å². The smallest absolute Gasteiger partial charge is 0.257 e. The van der Waals surface area contributed by atoms with Crippen molar-refractivity contribution in [2.24, 2.45) is 0 Å². The molecular weight excluding hydrogens is 551 g/mol. The van der Waals surface area contributed by atoms with E-state index >= 15 is 0 Å². The summed E-state index contributed by atoms with van der Waals surface area (Å²) in [5, 5.41) is 0.733. The van der Waals surface area contributed by atoms with Gasteiger partial charge in [0.05, 0.1) is 11.3 Å². The molecule has 40 heavy (non-hydrogen) atoms. The molecule has 2 aromatic carbocycles. The third-order valence-corrected chi connectivity index (χ3v) is 8.42. The molecule has 2 saturated heterocycles. The number of aromatic nitrogens is 2. The van der Waals surface area contributed by atoms with E-state index in [4.69, 9.17) is 11.6 Å². The number of halogens is 2. The van der Waals surface area contributed by atoms with Crippen molar-refractivity contribution < 1.29 is 14.0 Å². The van der Waals surface area contributed by atoms with Crippen LogP contribution in [-0.2, 0) is 4.79 Å². The van der Waals surface area contributed by atoms with Gasteiger partial charge in [-0.05, 0) is 37.6 Å². The first-order valence-electron chi connectivity index (χ1n) is 13.4. The van der Waals surface area contributed by atoms with Crippen LogP contribution in [0.5, 0.6) is 0 Å². The number of para-hydroxylation sites is 1. The summed E-state index contributed by atoms with van der Waals surface area (Å²) in [6, 6.07) is 15.9. The molecule has 1 aromatic heterocycles. The van der Waals surface area contributed by atoms with Gasteiger partial charge in [-0.1, -0.05) is 53.7 Å². The number of anilines is 2. The zero-order valence-corrected chi connectivity index (χ0v) is 24.2. The van der Waals surface area contributed by atoms with Crippen LogP contribution in [0.3, 0.4) is 0 Å². The van der Waals surface area contributed by atoms with Gasteiger partial charge in [-0.15, -0.1) is 0 Å². The normalized spacial score (nSPS) is 17.8. The average Bonchev–Trinajstić information content (AvgIpc) is 2.96. The van der Waals surface area contributed by atoms with Crippen molar-refractivity contribution in [3.63, 3.8) is 0 Å². The van der Waals surface area contributed by atoms with Gasteiger partial charge in [0, 0.05) is 63.6 Å².